The molecule has 3 rings (SSSR count). The highest BCUT2D eigenvalue weighted by Gasteiger charge is 2.10. The maximum atomic E-state index is 10.8. The van der Waals surface area contributed by atoms with Gasteiger partial charge in [-0.1, -0.05) is 23.9 Å². The van der Waals surface area contributed by atoms with Crippen LogP contribution in [0.25, 0.3) is 10.2 Å². The Hall–Kier alpha value is -2.12. The molecule has 22 heavy (non-hydrogen) atoms. The number of nitrogens with zero attached hydrogens (tertiary/aromatic N) is 2. The maximum Gasteiger partial charge on any atom is 0.270 e. The van der Waals surface area contributed by atoms with Gasteiger partial charge in [0.05, 0.1) is 22.2 Å². The van der Waals surface area contributed by atoms with Crippen molar-refractivity contribution in [1.82, 2.24) is 4.98 Å². The third-order valence-corrected chi connectivity index (χ3v) is 5.32. The van der Waals surface area contributed by atoms with Crippen LogP contribution in [-0.4, -0.2) is 17.0 Å². The monoisotopic (exact) mass is 332 g/mol. The summed E-state index contributed by atoms with van der Waals surface area (Å²) < 4.78 is 6.88. The van der Waals surface area contributed by atoms with Gasteiger partial charge in [0.2, 0.25) is 0 Å². The van der Waals surface area contributed by atoms with Crippen molar-refractivity contribution in [3.63, 3.8) is 0 Å². The minimum Gasteiger partial charge on any atom is -0.497 e. The third-order valence-electron chi connectivity index (χ3n) is 3.08. The second-order valence-corrected chi connectivity index (χ2v) is 6.78. The summed E-state index contributed by atoms with van der Waals surface area (Å²) in [6, 6.07) is 12.6. The number of fused-ring (bicyclic) bond motifs is 1. The third kappa shape index (κ3) is 3.20. The summed E-state index contributed by atoms with van der Waals surface area (Å²) in [5.74, 6) is 1.63. The Morgan fingerprint density at radius 3 is 2.73 bits per heavy atom. The van der Waals surface area contributed by atoms with Crippen LogP contribution in [0.5, 0.6) is 5.75 Å². The second-order valence-electron chi connectivity index (χ2n) is 4.53. The molecule has 0 aliphatic rings. The van der Waals surface area contributed by atoms with E-state index < -0.39 is 0 Å². The van der Waals surface area contributed by atoms with Gasteiger partial charge in [-0.2, -0.15) is 0 Å². The highest BCUT2D eigenvalue weighted by molar-refractivity contribution is 8.00. The number of hydrogen-bond acceptors (Lipinski definition) is 6. The Morgan fingerprint density at radius 1 is 1.27 bits per heavy atom. The molecule has 0 spiro atoms. The van der Waals surface area contributed by atoms with Crippen LogP contribution in [0.2, 0.25) is 0 Å². The topological polar surface area (TPSA) is 65.3 Å². The Kier molecular flexibility index (Phi) is 4.26. The Labute approximate surface area is 135 Å². The number of rotatable bonds is 5. The van der Waals surface area contributed by atoms with Gasteiger partial charge >= 0.3 is 0 Å². The van der Waals surface area contributed by atoms with E-state index in [-0.39, 0.29) is 10.6 Å². The summed E-state index contributed by atoms with van der Waals surface area (Å²) in [6.45, 7) is 0. The molecule has 5 nitrogen and oxygen atoms in total. The van der Waals surface area contributed by atoms with Gasteiger partial charge in [-0.25, -0.2) is 4.98 Å². The van der Waals surface area contributed by atoms with Gasteiger partial charge in [0.15, 0.2) is 4.34 Å². The smallest absolute Gasteiger partial charge is 0.270 e. The van der Waals surface area contributed by atoms with Crippen LogP contribution >= 0.6 is 23.1 Å². The molecular formula is C15H12N2O3S2. The molecule has 0 aliphatic carbocycles. The normalized spacial score (nSPS) is 10.8. The van der Waals surface area contributed by atoms with Crippen molar-refractivity contribution >= 4 is 39.0 Å². The SMILES string of the molecule is COc1ccc(CSc2nc3ccc([N+](=O)[O-])cc3s2)cc1. The molecule has 0 N–H and O–H groups in total. The van der Waals surface area contributed by atoms with Gasteiger partial charge in [-0.05, 0) is 23.8 Å². The molecule has 0 unspecified atom stereocenters. The molecule has 0 aliphatic heterocycles. The number of nitro benzene ring substituents is 1. The summed E-state index contributed by atoms with van der Waals surface area (Å²) in [7, 11) is 1.64. The van der Waals surface area contributed by atoms with Crippen molar-refractivity contribution in [3.05, 3.63) is 58.1 Å². The first-order valence-corrected chi connectivity index (χ1v) is 8.26. The summed E-state index contributed by atoms with van der Waals surface area (Å²) in [5, 5.41) is 10.8. The lowest BCUT2D eigenvalue weighted by Gasteiger charge is -2.01. The van der Waals surface area contributed by atoms with Crippen molar-refractivity contribution in [3.8, 4) is 5.75 Å². The fourth-order valence-corrected chi connectivity index (χ4v) is 3.99. The molecule has 3 aromatic rings. The Balaban J connectivity index is 1.74. The first-order chi connectivity index (χ1) is 10.7. The summed E-state index contributed by atoms with van der Waals surface area (Å²) >= 11 is 3.10. The zero-order valence-corrected chi connectivity index (χ0v) is 13.3. The summed E-state index contributed by atoms with van der Waals surface area (Å²) in [6.07, 6.45) is 0. The van der Waals surface area contributed by atoms with Gasteiger partial charge in [0.25, 0.3) is 5.69 Å². The number of benzene rings is 2. The molecule has 0 fully saturated rings. The van der Waals surface area contributed by atoms with Gasteiger partial charge in [-0.3, -0.25) is 10.1 Å². The number of non-ortho nitro benzene ring substituents is 1. The van der Waals surface area contributed by atoms with Crippen molar-refractivity contribution in [1.29, 1.82) is 0 Å². The predicted octanol–water partition coefficient (Wildman–Crippen LogP) is 4.51. The average molecular weight is 332 g/mol. The van der Waals surface area contributed by atoms with E-state index in [0.29, 0.717) is 0 Å². The Morgan fingerprint density at radius 2 is 2.05 bits per heavy atom. The van der Waals surface area contributed by atoms with Crippen LogP contribution in [0.4, 0.5) is 5.69 Å². The molecule has 0 saturated carbocycles. The zero-order chi connectivity index (χ0) is 15.5. The molecule has 0 bridgehead atoms. The molecule has 0 saturated heterocycles. The van der Waals surface area contributed by atoms with Crippen LogP contribution in [0, 0.1) is 10.1 Å². The van der Waals surface area contributed by atoms with E-state index in [1.54, 1.807) is 31.0 Å². The second kappa shape index (κ2) is 6.33. The molecule has 1 aromatic heterocycles. The van der Waals surface area contributed by atoms with E-state index in [0.717, 1.165) is 26.1 Å². The lowest BCUT2D eigenvalue weighted by Crippen LogP contribution is -1.85. The summed E-state index contributed by atoms with van der Waals surface area (Å²) in [4.78, 5) is 14.9. The average Bonchev–Trinajstić information content (AvgIpc) is 2.95. The maximum absolute atomic E-state index is 10.8. The van der Waals surface area contributed by atoms with Gasteiger partial charge < -0.3 is 4.74 Å². The van der Waals surface area contributed by atoms with Crippen LogP contribution in [0.15, 0.2) is 46.8 Å². The molecule has 112 valence electrons. The van der Waals surface area contributed by atoms with E-state index in [9.17, 15) is 10.1 Å². The fraction of sp³-hybridized carbons (Fsp3) is 0.133. The van der Waals surface area contributed by atoms with E-state index >= 15 is 0 Å². The largest absolute Gasteiger partial charge is 0.497 e. The van der Waals surface area contributed by atoms with Crippen molar-refractivity contribution in [2.75, 3.05) is 7.11 Å². The number of nitro groups is 1. The molecule has 2 aromatic carbocycles. The minimum atomic E-state index is -0.386. The number of ether oxygens (including phenoxy) is 1. The first kappa shape index (κ1) is 14.8. The minimum absolute atomic E-state index is 0.0999. The lowest BCUT2D eigenvalue weighted by atomic mass is 10.2. The van der Waals surface area contributed by atoms with Crippen molar-refractivity contribution in [2.24, 2.45) is 0 Å². The molecule has 7 heteroatoms. The first-order valence-electron chi connectivity index (χ1n) is 6.46. The van der Waals surface area contributed by atoms with Crippen LogP contribution < -0.4 is 4.74 Å². The molecule has 0 radical (unpaired) electrons. The van der Waals surface area contributed by atoms with E-state index in [2.05, 4.69) is 4.98 Å². The lowest BCUT2D eigenvalue weighted by molar-refractivity contribution is -0.384. The standard InChI is InChI=1S/C15H12N2O3S2/c1-20-12-5-2-10(3-6-12)9-21-15-16-13-7-4-11(17(18)19)8-14(13)22-15/h2-8H,9H2,1H3. The highest BCUT2D eigenvalue weighted by atomic mass is 32.2. The van der Waals surface area contributed by atoms with Gasteiger partial charge in [0, 0.05) is 17.9 Å². The van der Waals surface area contributed by atoms with Crippen LogP contribution in [-0.2, 0) is 5.75 Å². The molecule has 0 atom stereocenters. The van der Waals surface area contributed by atoms with Crippen LogP contribution in [0.3, 0.4) is 0 Å². The number of thioether (sulfide) groups is 1. The van der Waals surface area contributed by atoms with E-state index in [1.807, 2.05) is 24.3 Å². The number of hydrogen-bond donors (Lipinski definition) is 0. The molecule has 0 amide bonds. The summed E-state index contributed by atoms with van der Waals surface area (Å²) in [5.41, 5.74) is 2.08. The van der Waals surface area contributed by atoms with Crippen LogP contribution in [0.1, 0.15) is 5.56 Å². The van der Waals surface area contributed by atoms with Gasteiger partial charge in [0.1, 0.15) is 5.75 Å². The molecular weight excluding hydrogens is 320 g/mol. The fourth-order valence-electron chi connectivity index (χ4n) is 1.93. The van der Waals surface area contributed by atoms with Gasteiger partial charge in [-0.15, -0.1) is 11.3 Å². The number of methoxy groups -OCH3 is 1. The Bertz CT molecular complexity index is 815. The van der Waals surface area contributed by atoms with Crippen molar-refractivity contribution in [2.45, 2.75) is 10.1 Å². The predicted molar refractivity (Wildman–Crippen MR) is 88.8 cm³/mol. The zero-order valence-electron chi connectivity index (χ0n) is 11.7. The highest BCUT2D eigenvalue weighted by Crippen LogP contribution is 2.33. The van der Waals surface area contributed by atoms with E-state index in [4.69, 9.17) is 4.74 Å². The van der Waals surface area contributed by atoms with E-state index in [1.165, 1.54) is 23.0 Å². The quantitative estimate of drug-likeness (QED) is 0.391. The molecule has 1 heterocycles. The number of thiazole rings is 1. The number of aromatic nitrogens is 1. The van der Waals surface area contributed by atoms with Crippen molar-refractivity contribution < 1.29 is 9.66 Å².